The fraction of sp³-hybridized carbons (Fsp3) is 0.342. The molecule has 1 saturated carbocycles. The van der Waals surface area contributed by atoms with Crippen LogP contribution in [0.1, 0.15) is 88.5 Å². The number of esters is 1. The van der Waals surface area contributed by atoms with Crippen molar-refractivity contribution in [2.45, 2.75) is 74.4 Å². The molecule has 4 aromatic rings. The zero-order valence-corrected chi connectivity index (χ0v) is 27.8. The van der Waals surface area contributed by atoms with Crippen LogP contribution in [0, 0.1) is 5.92 Å². The Hall–Kier alpha value is -3.88. The Morgan fingerprint density at radius 1 is 0.891 bits per heavy atom. The predicted octanol–water partition coefficient (Wildman–Crippen LogP) is 9.19. The normalized spacial score (nSPS) is 17.0. The first-order valence-electron chi connectivity index (χ1n) is 16.3. The molecule has 3 aromatic carbocycles. The van der Waals surface area contributed by atoms with Gasteiger partial charge in [0.05, 0.1) is 12.2 Å². The minimum atomic E-state index is -0.586. The summed E-state index contributed by atoms with van der Waals surface area (Å²) in [6, 6.07) is 27.9. The van der Waals surface area contributed by atoms with E-state index < -0.39 is 11.2 Å². The lowest BCUT2D eigenvalue weighted by atomic mass is 9.83. The number of hydrogen-bond acceptors (Lipinski definition) is 6. The molecule has 0 bridgehead atoms. The Morgan fingerprint density at radius 3 is 2.37 bits per heavy atom. The van der Waals surface area contributed by atoms with Gasteiger partial charge in [-0.2, -0.15) is 0 Å². The summed E-state index contributed by atoms with van der Waals surface area (Å²) >= 11 is 2.92. The molecule has 2 aliphatic rings. The molecule has 0 aliphatic heterocycles. The number of carbonyl (C=O) groups is 3. The predicted molar refractivity (Wildman–Crippen MR) is 187 cm³/mol. The molecule has 2 unspecified atom stereocenters. The highest BCUT2D eigenvalue weighted by atomic mass is 32.2. The third kappa shape index (κ3) is 7.56. The van der Waals surface area contributed by atoms with E-state index in [9.17, 15) is 14.4 Å². The molecule has 1 heterocycles. The van der Waals surface area contributed by atoms with Crippen molar-refractivity contribution in [1.82, 2.24) is 0 Å². The average molecular weight is 653 g/mol. The third-order valence-electron chi connectivity index (χ3n) is 8.92. The van der Waals surface area contributed by atoms with Gasteiger partial charge in [0.15, 0.2) is 0 Å². The van der Waals surface area contributed by atoms with Gasteiger partial charge in [0.1, 0.15) is 10.3 Å². The van der Waals surface area contributed by atoms with Crippen LogP contribution in [0.25, 0.3) is 0 Å². The molecule has 1 aromatic heterocycles. The van der Waals surface area contributed by atoms with Crippen LogP contribution in [-0.4, -0.2) is 24.4 Å². The summed E-state index contributed by atoms with van der Waals surface area (Å²) in [5.41, 5.74) is 4.37. The van der Waals surface area contributed by atoms with Gasteiger partial charge in [0.2, 0.25) is 11.8 Å². The monoisotopic (exact) mass is 652 g/mol. The Bertz CT molecular complexity index is 1660. The lowest BCUT2D eigenvalue weighted by molar-refractivity contribution is -0.120. The molecule has 0 spiro atoms. The van der Waals surface area contributed by atoms with Crippen molar-refractivity contribution < 1.29 is 19.1 Å². The SMILES string of the molecule is CCOC(=O)c1c(NC(=O)C(Sc2cccc(NC(=O)C3CCCCC3)c2)c2ccccc2)sc2c1CCC(c1ccccc1)C2. The zero-order valence-electron chi connectivity index (χ0n) is 26.1. The largest absolute Gasteiger partial charge is 0.462 e. The van der Waals surface area contributed by atoms with Crippen molar-refractivity contribution in [1.29, 1.82) is 0 Å². The van der Waals surface area contributed by atoms with E-state index in [4.69, 9.17) is 4.74 Å². The number of hydrogen-bond donors (Lipinski definition) is 2. The van der Waals surface area contributed by atoms with E-state index in [2.05, 4.69) is 34.9 Å². The highest BCUT2D eigenvalue weighted by molar-refractivity contribution is 8.00. The molecular formula is C38H40N2O4S2. The van der Waals surface area contributed by atoms with E-state index in [0.29, 0.717) is 16.5 Å². The number of anilines is 2. The number of rotatable bonds is 10. The molecule has 2 aliphatic carbocycles. The van der Waals surface area contributed by atoms with E-state index in [0.717, 1.165) is 71.5 Å². The summed E-state index contributed by atoms with van der Waals surface area (Å²) < 4.78 is 5.49. The molecule has 46 heavy (non-hydrogen) atoms. The summed E-state index contributed by atoms with van der Waals surface area (Å²) in [5.74, 6) is -0.109. The summed E-state index contributed by atoms with van der Waals surface area (Å²) in [6.45, 7) is 2.06. The van der Waals surface area contributed by atoms with Crippen molar-refractivity contribution in [3.05, 3.63) is 112 Å². The summed E-state index contributed by atoms with van der Waals surface area (Å²) in [7, 11) is 0. The minimum Gasteiger partial charge on any atom is -0.462 e. The number of ether oxygens (including phenoxy) is 1. The molecule has 0 radical (unpaired) electrons. The van der Waals surface area contributed by atoms with Gasteiger partial charge in [-0.25, -0.2) is 4.79 Å². The standard InChI is InChI=1S/C38H40N2O4S2/c1-2-44-38(43)33-31-22-21-28(25-13-6-3-7-14-25)23-32(31)46-37(33)40-36(42)34(26-15-8-4-9-16-26)45-30-20-12-19-29(24-30)39-35(41)27-17-10-5-11-18-27/h3-4,6-9,12-16,19-20,24,27-28,34H,2,5,10-11,17-18,21-23H2,1H3,(H,39,41)(H,40,42). The van der Waals surface area contributed by atoms with Gasteiger partial charge in [0, 0.05) is 21.4 Å². The van der Waals surface area contributed by atoms with Gasteiger partial charge in [-0.3, -0.25) is 9.59 Å². The van der Waals surface area contributed by atoms with Crippen LogP contribution in [0.3, 0.4) is 0 Å². The molecule has 6 nitrogen and oxygen atoms in total. The first kappa shape index (κ1) is 32.1. The van der Waals surface area contributed by atoms with Crippen LogP contribution >= 0.6 is 23.1 Å². The van der Waals surface area contributed by atoms with E-state index in [1.54, 1.807) is 6.92 Å². The van der Waals surface area contributed by atoms with Gasteiger partial charge in [-0.05, 0) is 79.8 Å². The fourth-order valence-corrected chi connectivity index (χ4v) is 8.98. The zero-order chi connectivity index (χ0) is 31.9. The highest BCUT2D eigenvalue weighted by Crippen LogP contribution is 2.44. The minimum absolute atomic E-state index is 0.0566. The van der Waals surface area contributed by atoms with Gasteiger partial charge < -0.3 is 15.4 Å². The van der Waals surface area contributed by atoms with Crippen molar-refractivity contribution in [2.24, 2.45) is 5.92 Å². The van der Waals surface area contributed by atoms with Crippen LogP contribution in [0.2, 0.25) is 0 Å². The van der Waals surface area contributed by atoms with Crippen LogP contribution < -0.4 is 10.6 Å². The smallest absolute Gasteiger partial charge is 0.341 e. The third-order valence-corrected chi connectivity index (χ3v) is 11.3. The topological polar surface area (TPSA) is 84.5 Å². The summed E-state index contributed by atoms with van der Waals surface area (Å²) in [6.07, 6.45) is 7.77. The van der Waals surface area contributed by atoms with Gasteiger partial charge in [-0.15, -0.1) is 23.1 Å². The van der Waals surface area contributed by atoms with Crippen molar-refractivity contribution >= 4 is 51.6 Å². The maximum absolute atomic E-state index is 14.2. The number of fused-ring (bicyclic) bond motifs is 1. The quantitative estimate of drug-likeness (QED) is 0.132. The Balaban J connectivity index is 1.25. The summed E-state index contributed by atoms with van der Waals surface area (Å²) in [4.78, 5) is 42.4. The maximum atomic E-state index is 14.2. The van der Waals surface area contributed by atoms with E-state index in [1.807, 2.05) is 60.7 Å². The van der Waals surface area contributed by atoms with E-state index in [-0.39, 0.29) is 24.3 Å². The molecule has 0 saturated heterocycles. The summed E-state index contributed by atoms with van der Waals surface area (Å²) in [5, 5.41) is 6.23. The maximum Gasteiger partial charge on any atom is 0.341 e. The molecule has 8 heteroatoms. The van der Waals surface area contributed by atoms with Gasteiger partial charge in [0.25, 0.3) is 0 Å². The number of benzene rings is 3. The Labute approximate surface area is 279 Å². The highest BCUT2D eigenvalue weighted by Gasteiger charge is 2.32. The van der Waals surface area contributed by atoms with Crippen LogP contribution in [-0.2, 0) is 27.2 Å². The second-order valence-corrected chi connectivity index (χ2v) is 14.3. The van der Waals surface area contributed by atoms with Crippen LogP contribution in [0.5, 0.6) is 0 Å². The lowest BCUT2D eigenvalue weighted by Crippen LogP contribution is -2.24. The molecule has 2 N–H and O–H groups in total. The molecule has 1 fully saturated rings. The molecule has 6 rings (SSSR count). The lowest BCUT2D eigenvalue weighted by Gasteiger charge is -2.23. The second-order valence-electron chi connectivity index (χ2n) is 12.0. The number of carbonyl (C=O) groups excluding carboxylic acids is 3. The number of thiophene rings is 1. The van der Waals surface area contributed by atoms with Crippen molar-refractivity contribution in [3.63, 3.8) is 0 Å². The van der Waals surface area contributed by atoms with Crippen LogP contribution in [0.4, 0.5) is 10.7 Å². The molecule has 2 atom stereocenters. The first-order chi connectivity index (χ1) is 22.5. The Kier molecular flexibility index (Phi) is 10.6. The fourth-order valence-electron chi connectivity index (χ4n) is 6.57. The van der Waals surface area contributed by atoms with E-state index >= 15 is 0 Å². The average Bonchev–Trinajstić information content (AvgIpc) is 3.45. The number of thioether (sulfide) groups is 1. The first-order valence-corrected chi connectivity index (χ1v) is 18.0. The molecule has 238 valence electrons. The van der Waals surface area contributed by atoms with Gasteiger partial charge in [-0.1, -0.05) is 86.0 Å². The van der Waals surface area contributed by atoms with Crippen molar-refractivity contribution in [2.75, 3.05) is 17.2 Å². The Morgan fingerprint density at radius 2 is 1.63 bits per heavy atom. The number of nitrogens with one attached hydrogen (secondary N) is 2. The number of amides is 2. The van der Waals surface area contributed by atoms with E-state index in [1.165, 1.54) is 35.1 Å². The second kappa shape index (κ2) is 15.1. The van der Waals surface area contributed by atoms with Crippen molar-refractivity contribution in [3.8, 4) is 0 Å². The molecular weight excluding hydrogens is 613 g/mol. The van der Waals surface area contributed by atoms with Crippen LogP contribution in [0.15, 0.2) is 89.8 Å². The van der Waals surface area contributed by atoms with Gasteiger partial charge >= 0.3 is 5.97 Å². The molecule has 2 amide bonds.